The fourth-order valence-corrected chi connectivity index (χ4v) is 4.84. The van der Waals surface area contributed by atoms with Gasteiger partial charge in [-0.25, -0.2) is 4.79 Å². The van der Waals surface area contributed by atoms with Gasteiger partial charge < -0.3 is 29.5 Å². The number of hydrogen-bond donors (Lipinski definition) is 3. The van der Waals surface area contributed by atoms with Crippen molar-refractivity contribution in [1.82, 2.24) is 15.5 Å². The lowest BCUT2D eigenvalue weighted by molar-refractivity contribution is -0.142. The number of ether oxygens (including phenoxy) is 3. The van der Waals surface area contributed by atoms with Gasteiger partial charge >= 0.3 is 5.97 Å². The number of carbonyl (C=O) groups excluding carboxylic acids is 1. The number of benzene rings is 2. The van der Waals surface area contributed by atoms with Crippen molar-refractivity contribution < 1.29 is 28.9 Å². The Hall–Kier alpha value is -3.52. The van der Waals surface area contributed by atoms with E-state index in [1.54, 1.807) is 29.2 Å². The summed E-state index contributed by atoms with van der Waals surface area (Å²) in [7, 11) is 0. The summed E-state index contributed by atoms with van der Waals surface area (Å²) >= 11 is 6.23. The molecule has 0 radical (unpaired) electrons. The largest absolute Gasteiger partial charge is 0.491 e. The lowest BCUT2D eigenvalue weighted by Gasteiger charge is -2.42. The fraction of sp³-hybridized carbons (Fsp3) is 0.375. The number of rotatable bonds is 6. The van der Waals surface area contributed by atoms with Crippen molar-refractivity contribution >= 4 is 23.5 Å². The Morgan fingerprint density at radius 1 is 1.29 bits per heavy atom. The fourth-order valence-electron chi connectivity index (χ4n) is 4.67. The van der Waals surface area contributed by atoms with Crippen molar-refractivity contribution in [2.45, 2.75) is 18.5 Å². The van der Waals surface area contributed by atoms with Crippen molar-refractivity contribution in [3.63, 3.8) is 0 Å². The number of nitriles is 1. The summed E-state index contributed by atoms with van der Waals surface area (Å²) in [5, 5.41) is 25.8. The Bertz CT molecular complexity index is 1220. The second kappa shape index (κ2) is 9.62. The van der Waals surface area contributed by atoms with Crippen LogP contribution in [0.4, 0.5) is 0 Å². The lowest BCUT2D eigenvalue weighted by Crippen LogP contribution is -2.64. The normalized spacial score (nSPS) is 22.9. The third-order valence-electron chi connectivity index (χ3n) is 6.46. The summed E-state index contributed by atoms with van der Waals surface area (Å²) in [5.41, 5.74) is 1.13. The van der Waals surface area contributed by atoms with Crippen molar-refractivity contribution in [2.24, 2.45) is 5.92 Å². The molecule has 0 saturated carbocycles. The van der Waals surface area contributed by atoms with E-state index in [1.807, 2.05) is 0 Å². The number of amides is 1. The number of fused-ring (bicyclic) bond motifs is 2. The highest BCUT2D eigenvalue weighted by molar-refractivity contribution is 6.31. The number of halogens is 1. The number of hydrogen-bond acceptors (Lipinski definition) is 8. The van der Waals surface area contributed by atoms with E-state index < -0.39 is 5.97 Å². The van der Waals surface area contributed by atoms with Crippen LogP contribution >= 0.6 is 11.6 Å². The van der Waals surface area contributed by atoms with Gasteiger partial charge in [0.1, 0.15) is 17.9 Å². The summed E-state index contributed by atoms with van der Waals surface area (Å²) < 4.78 is 16.8. The Kier molecular flexibility index (Phi) is 6.38. The summed E-state index contributed by atoms with van der Waals surface area (Å²) in [6.07, 6.45) is 0.474. The first-order valence-electron chi connectivity index (χ1n) is 11.2. The van der Waals surface area contributed by atoms with E-state index in [4.69, 9.17) is 25.8 Å². The molecule has 2 saturated heterocycles. The number of carbonyl (C=O) groups is 2. The monoisotopic (exact) mass is 498 g/mol. The van der Waals surface area contributed by atoms with Gasteiger partial charge in [-0.05, 0) is 42.3 Å². The van der Waals surface area contributed by atoms with Crippen LogP contribution in [0.25, 0.3) is 11.1 Å². The van der Waals surface area contributed by atoms with Crippen LogP contribution in [0.5, 0.6) is 17.2 Å². The summed E-state index contributed by atoms with van der Waals surface area (Å²) in [6.45, 7) is 1.50. The predicted molar refractivity (Wildman–Crippen MR) is 124 cm³/mol. The van der Waals surface area contributed by atoms with E-state index in [-0.39, 0.29) is 48.6 Å². The standard InChI is InChI=1S/C24H23ClN4O6/c25-14-1-2-20(16(7-14)13-5-18(24(31)32)22-21(6-13)34-12-35-22)33-4-3-29-11-28-19-10-27-15(9-26)8-17(19)23(29)30/h1-2,5-7,15,17,19,27-28H,3-4,8,10-12H2,(H,31,32). The number of piperidine rings is 1. The molecule has 10 nitrogen and oxygen atoms in total. The highest BCUT2D eigenvalue weighted by Crippen LogP contribution is 2.42. The molecule has 0 aromatic heterocycles. The Balaban J connectivity index is 1.31. The van der Waals surface area contributed by atoms with Gasteiger partial charge in [-0.15, -0.1) is 0 Å². The maximum absolute atomic E-state index is 13.0. The van der Waals surface area contributed by atoms with E-state index in [0.29, 0.717) is 53.8 Å². The molecule has 2 aromatic rings. The number of nitrogens with zero attached hydrogens (tertiary/aromatic N) is 2. The molecule has 35 heavy (non-hydrogen) atoms. The van der Waals surface area contributed by atoms with Crippen molar-refractivity contribution in [1.29, 1.82) is 5.26 Å². The summed E-state index contributed by atoms with van der Waals surface area (Å²) in [4.78, 5) is 26.5. The van der Waals surface area contributed by atoms with Crippen LogP contribution in [0, 0.1) is 17.2 Å². The third-order valence-corrected chi connectivity index (χ3v) is 6.70. The molecule has 3 aliphatic heterocycles. The zero-order valence-electron chi connectivity index (χ0n) is 18.6. The van der Waals surface area contributed by atoms with Gasteiger partial charge in [-0.2, -0.15) is 5.26 Å². The molecule has 11 heteroatoms. The Morgan fingerprint density at radius 3 is 2.94 bits per heavy atom. The highest BCUT2D eigenvalue weighted by Gasteiger charge is 2.40. The molecule has 3 aliphatic rings. The van der Waals surface area contributed by atoms with Gasteiger partial charge in [0.05, 0.1) is 31.2 Å². The van der Waals surface area contributed by atoms with Crippen LogP contribution in [-0.4, -0.2) is 67.1 Å². The Labute approximate surface area is 206 Å². The molecule has 2 fully saturated rings. The predicted octanol–water partition coefficient (Wildman–Crippen LogP) is 2.07. The van der Waals surface area contributed by atoms with Crippen molar-refractivity contribution in [3.8, 4) is 34.4 Å². The van der Waals surface area contributed by atoms with Gasteiger partial charge in [0, 0.05) is 23.2 Å². The first-order chi connectivity index (χ1) is 16.9. The first kappa shape index (κ1) is 23.2. The molecule has 2 aromatic carbocycles. The quantitative estimate of drug-likeness (QED) is 0.547. The minimum atomic E-state index is -1.14. The molecule has 0 spiro atoms. The van der Waals surface area contributed by atoms with E-state index in [2.05, 4.69) is 16.7 Å². The maximum Gasteiger partial charge on any atom is 0.339 e. The molecule has 182 valence electrons. The second-order valence-electron chi connectivity index (χ2n) is 8.55. The van der Waals surface area contributed by atoms with Crippen LogP contribution < -0.4 is 24.8 Å². The molecule has 0 aliphatic carbocycles. The van der Waals surface area contributed by atoms with Gasteiger partial charge in [0.15, 0.2) is 11.5 Å². The minimum Gasteiger partial charge on any atom is -0.491 e. The van der Waals surface area contributed by atoms with Crippen molar-refractivity contribution in [3.05, 3.63) is 40.9 Å². The van der Waals surface area contributed by atoms with E-state index in [9.17, 15) is 20.0 Å². The topological polar surface area (TPSA) is 133 Å². The van der Waals surface area contributed by atoms with Crippen LogP contribution in [-0.2, 0) is 4.79 Å². The molecular weight excluding hydrogens is 476 g/mol. The molecule has 5 rings (SSSR count). The van der Waals surface area contributed by atoms with Gasteiger partial charge in [0.2, 0.25) is 12.7 Å². The van der Waals surface area contributed by atoms with Crippen LogP contribution in [0.1, 0.15) is 16.8 Å². The van der Waals surface area contributed by atoms with Crippen molar-refractivity contribution in [2.75, 3.05) is 33.2 Å². The summed E-state index contributed by atoms with van der Waals surface area (Å²) in [5.74, 6) is -0.351. The second-order valence-corrected chi connectivity index (χ2v) is 8.99. The highest BCUT2D eigenvalue weighted by atomic mass is 35.5. The number of carboxylic acids is 1. The molecule has 1 amide bonds. The zero-order valence-corrected chi connectivity index (χ0v) is 19.4. The number of nitrogens with one attached hydrogen (secondary N) is 2. The average Bonchev–Trinajstić information content (AvgIpc) is 3.34. The van der Waals surface area contributed by atoms with E-state index in [1.165, 1.54) is 6.07 Å². The van der Waals surface area contributed by atoms with Crippen LogP contribution in [0.3, 0.4) is 0 Å². The number of carboxylic acid groups (broad SMARTS) is 1. The van der Waals surface area contributed by atoms with Crippen LogP contribution in [0.15, 0.2) is 30.3 Å². The van der Waals surface area contributed by atoms with E-state index >= 15 is 0 Å². The molecule has 3 N–H and O–H groups in total. The molecular formula is C24H23ClN4O6. The van der Waals surface area contributed by atoms with Gasteiger partial charge in [0.25, 0.3) is 0 Å². The zero-order chi connectivity index (χ0) is 24.5. The van der Waals surface area contributed by atoms with Gasteiger partial charge in [-0.3, -0.25) is 10.1 Å². The van der Waals surface area contributed by atoms with Gasteiger partial charge in [-0.1, -0.05) is 11.6 Å². The Morgan fingerprint density at radius 2 is 2.14 bits per heavy atom. The molecule has 0 bridgehead atoms. The number of aromatic carboxylic acids is 1. The maximum atomic E-state index is 13.0. The first-order valence-corrected chi connectivity index (χ1v) is 11.6. The molecule has 3 unspecified atom stereocenters. The van der Waals surface area contributed by atoms with E-state index in [0.717, 1.165) is 0 Å². The minimum absolute atomic E-state index is 0.0114. The summed E-state index contributed by atoms with van der Waals surface area (Å²) in [6, 6.07) is 10.1. The van der Waals surface area contributed by atoms with Crippen LogP contribution in [0.2, 0.25) is 5.02 Å². The molecule has 3 heterocycles. The molecule has 3 atom stereocenters. The third kappa shape index (κ3) is 4.58. The average molecular weight is 499 g/mol. The smallest absolute Gasteiger partial charge is 0.339 e. The SMILES string of the molecule is N#CC1CC2C(=O)N(CCOc3ccc(Cl)cc3-c3cc4c(c(C(=O)O)c3)OCO4)CNC2CN1. The lowest BCUT2D eigenvalue weighted by atomic mass is 9.86.